The molecule has 0 aliphatic carbocycles. The van der Waals surface area contributed by atoms with E-state index in [0.717, 1.165) is 30.5 Å². The monoisotopic (exact) mass is 192 g/mol. The van der Waals surface area contributed by atoms with Crippen molar-refractivity contribution in [3.8, 4) is 6.07 Å². The highest BCUT2D eigenvalue weighted by Gasteiger charge is 2.16. The summed E-state index contributed by atoms with van der Waals surface area (Å²) in [4.78, 5) is 1.84. The summed E-state index contributed by atoms with van der Waals surface area (Å²) in [6.45, 7) is 5.32. The van der Waals surface area contributed by atoms with Gasteiger partial charge in [0.15, 0.2) is 5.88 Å². The standard InChI is InChI=1S/C11H16N2O/c1-3-4-5-13-8-10(7-12)9(2)6-11(13)14/h6,14H,3-5,8H2,1-2H3. The molecule has 0 fully saturated rings. The Morgan fingerprint density at radius 1 is 1.64 bits per heavy atom. The molecule has 1 N–H and O–H groups in total. The van der Waals surface area contributed by atoms with Crippen molar-refractivity contribution in [3.05, 3.63) is 23.1 Å². The zero-order chi connectivity index (χ0) is 10.6. The molecule has 0 bridgehead atoms. The molecule has 1 aliphatic heterocycles. The molecule has 1 aliphatic rings. The molecule has 3 heteroatoms. The Kier molecular flexibility index (Phi) is 3.58. The minimum atomic E-state index is 0.287. The summed E-state index contributed by atoms with van der Waals surface area (Å²) in [5.41, 5.74) is 1.62. The molecular formula is C11H16N2O. The van der Waals surface area contributed by atoms with Gasteiger partial charge in [-0.15, -0.1) is 0 Å². The number of hydrogen-bond acceptors (Lipinski definition) is 3. The topological polar surface area (TPSA) is 47.3 Å². The van der Waals surface area contributed by atoms with E-state index < -0.39 is 0 Å². The van der Waals surface area contributed by atoms with E-state index in [1.807, 2.05) is 11.8 Å². The number of aliphatic hydroxyl groups is 1. The summed E-state index contributed by atoms with van der Waals surface area (Å²) in [5, 5.41) is 18.5. The summed E-state index contributed by atoms with van der Waals surface area (Å²) in [6, 6.07) is 2.16. The van der Waals surface area contributed by atoms with Gasteiger partial charge < -0.3 is 10.0 Å². The lowest BCUT2D eigenvalue weighted by atomic mass is 10.1. The van der Waals surface area contributed by atoms with Crippen LogP contribution in [0.3, 0.4) is 0 Å². The molecule has 0 atom stereocenters. The summed E-state index contributed by atoms with van der Waals surface area (Å²) in [7, 11) is 0. The molecule has 1 rings (SSSR count). The van der Waals surface area contributed by atoms with Crippen molar-refractivity contribution in [3.63, 3.8) is 0 Å². The largest absolute Gasteiger partial charge is 0.495 e. The Balaban J connectivity index is 2.70. The van der Waals surface area contributed by atoms with Gasteiger partial charge in [-0.05, 0) is 18.9 Å². The highest BCUT2D eigenvalue weighted by atomic mass is 16.3. The molecule has 14 heavy (non-hydrogen) atoms. The molecule has 0 aromatic heterocycles. The van der Waals surface area contributed by atoms with Gasteiger partial charge in [0.1, 0.15) is 0 Å². The van der Waals surface area contributed by atoms with Crippen LogP contribution in [0.4, 0.5) is 0 Å². The minimum absolute atomic E-state index is 0.287. The van der Waals surface area contributed by atoms with Crippen molar-refractivity contribution in [2.24, 2.45) is 0 Å². The Morgan fingerprint density at radius 2 is 2.36 bits per heavy atom. The molecule has 3 nitrogen and oxygen atoms in total. The van der Waals surface area contributed by atoms with Crippen LogP contribution in [0.1, 0.15) is 26.7 Å². The first-order valence-corrected chi connectivity index (χ1v) is 4.94. The molecule has 76 valence electrons. The SMILES string of the molecule is CCCCN1CC(C#N)=C(C)C=C1O. The Bertz CT molecular complexity index is 310. The van der Waals surface area contributed by atoms with E-state index in [2.05, 4.69) is 13.0 Å². The molecule has 0 radical (unpaired) electrons. The van der Waals surface area contributed by atoms with E-state index in [-0.39, 0.29) is 5.88 Å². The van der Waals surface area contributed by atoms with Crippen LogP contribution in [0.15, 0.2) is 23.1 Å². The van der Waals surface area contributed by atoms with Gasteiger partial charge in [-0.1, -0.05) is 13.3 Å². The fourth-order valence-electron chi connectivity index (χ4n) is 1.43. The summed E-state index contributed by atoms with van der Waals surface area (Å²) < 4.78 is 0. The quantitative estimate of drug-likeness (QED) is 0.746. The molecule has 0 unspecified atom stereocenters. The molecule has 0 spiro atoms. The maximum absolute atomic E-state index is 9.62. The maximum atomic E-state index is 9.62. The van der Waals surface area contributed by atoms with Crippen LogP contribution in [0.5, 0.6) is 0 Å². The van der Waals surface area contributed by atoms with E-state index >= 15 is 0 Å². The molecular weight excluding hydrogens is 176 g/mol. The van der Waals surface area contributed by atoms with Crippen molar-refractivity contribution in [1.29, 1.82) is 5.26 Å². The first-order valence-electron chi connectivity index (χ1n) is 4.94. The van der Waals surface area contributed by atoms with Gasteiger partial charge in [-0.2, -0.15) is 5.26 Å². The van der Waals surface area contributed by atoms with Gasteiger partial charge in [0.05, 0.1) is 18.2 Å². The highest BCUT2D eigenvalue weighted by molar-refractivity contribution is 5.38. The van der Waals surface area contributed by atoms with Gasteiger partial charge in [0, 0.05) is 12.6 Å². The first kappa shape index (κ1) is 10.6. The molecule has 0 saturated heterocycles. The summed E-state index contributed by atoms with van der Waals surface area (Å²) >= 11 is 0. The van der Waals surface area contributed by atoms with Crippen molar-refractivity contribution in [2.75, 3.05) is 13.1 Å². The lowest BCUT2D eigenvalue weighted by Gasteiger charge is -2.26. The van der Waals surface area contributed by atoms with E-state index in [0.29, 0.717) is 6.54 Å². The lowest BCUT2D eigenvalue weighted by Crippen LogP contribution is -2.29. The number of nitriles is 1. The lowest BCUT2D eigenvalue weighted by molar-refractivity contribution is 0.207. The van der Waals surface area contributed by atoms with Gasteiger partial charge in [0.25, 0.3) is 0 Å². The summed E-state index contributed by atoms with van der Waals surface area (Å²) in [6.07, 6.45) is 3.79. The van der Waals surface area contributed by atoms with Crippen LogP contribution in [-0.4, -0.2) is 23.1 Å². The number of nitrogens with zero attached hydrogens (tertiary/aromatic N) is 2. The number of allylic oxidation sites excluding steroid dienone is 2. The number of aliphatic hydroxyl groups excluding tert-OH is 1. The predicted molar refractivity (Wildman–Crippen MR) is 55.5 cm³/mol. The van der Waals surface area contributed by atoms with E-state index in [1.165, 1.54) is 0 Å². The van der Waals surface area contributed by atoms with Crippen molar-refractivity contribution < 1.29 is 5.11 Å². The van der Waals surface area contributed by atoms with E-state index in [4.69, 9.17) is 5.26 Å². The van der Waals surface area contributed by atoms with Crippen LogP contribution in [0.25, 0.3) is 0 Å². The fraction of sp³-hybridized carbons (Fsp3) is 0.545. The average Bonchev–Trinajstić information content (AvgIpc) is 2.17. The molecule has 0 amide bonds. The van der Waals surface area contributed by atoms with E-state index in [9.17, 15) is 5.11 Å². The number of hydrogen-bond donors (Lipinski definition) is 1. The van der Waals surface area contributed by atoms with Crippen LogP contribution in [-0.2, 0) is 0 Å². The maximum Gasteiger partial charge on any atom is 0.187 e. The van der Waals surface area contributed by atoms with Crippen molar-refractivity contribution in [1.82, 2.24) is 4.90 Å². The highest BCUT2D eigenvalue weighted by Crippen LogP contribution is 2.18. The minimum Gasteiger partial charge on any atom is -0.495 e. The molecule has 0 saturated carbocycles. The third-order valence-electron chi connectivity index (χ3n) is 2.41. The molecule has 1 heterocycles. The number of unbranched alkanes of at least 4 members (excludes halogenated alkanes) is 1. The molecule has 0 aromatic rings. The Labute approximate surface area is 85.0 Å². The van der Waals surface area contributed by atoms with E-state index in [1.54, 1.807) is 6.08 Å². The normalized spacial score (nSPS) is 16.6. The third kappa shape index (κ3) is 2.29. The first-order chi connectivity index (χ1) is 6.69. The second-order valence-electron chi connectivity index (χ2n) is 3.55. The van der Waals surface area contributed by atoms with Gasteiger partial charge >= 0.3 is 0 Å². The second-order valence-corrected chi connectivity index (χ2v) is 3.55. The smallest absolute Gasteiger partial charge is 0.187 e. The van der Waals surface area contributed by atoms with Gasteiger partial charge in [-0.25, -0.2) is 0 Å². The van der Waals surface area contributed by atoms with Crippen molar-refractivity contribution in [2.45, 2.75) is 26.7 Å². The zero-order valence-electron chi connectivity index (χ0n) is 8.75. The van der Waals surface area contributed by atoms with Crippen molar-refractivity contribution >= 4 is 0 Å². The van der Waals surface area contributed by atoms with Gasteiger partial charge in [0.2, 0.25) is 0 Å². The second kappa shape index (κ2) is 4.71. The Hall–Kier alpha value is -1.43. The van der Waals surface area contributed by atoms with Crippen LogP contribution >= 0.6 is 0 Å². The number of rotatable bonds is 3. The average molecular weight is 192 g/mol. The summed E-state index contributed by atoms with van der Waals surface area (Å²) in [5.74, 6) is 0.287. The predicted octanol–water partition coefficient (Wildman–Crippen LogP) is 2.34. The van der Waals surface area contributed by atoms with Crippen LogP contribution in [0.2, 0.25) is 0 Å². The fourth-order valence-corrected chi connectivity index (χ4v) is 1.43. The van der Waals surface area contributed by atoms with Crippen LogP contribution < -0.4 is 0 Å². The molecule has 0 aromatic carbocycles. The Morgan fingerprint density at radius 3 is 2.93 bits per heavy atom. The zero-order valence-corrected chi connectivity index (χ0v) is 8.75. The van der Waals surface area contributed by atoms with Crippen LogP contribution in [0, 0.1) is 11.3 Å². The van der Waals surface area contributed by atoms with Gasteiger partial charge in [-0.3, -0.25) is 0 Å². The third-order valence-corrected chi connectivity index (χ3v) is 2.41.